The number of hydrogen-bond acceptors (Lipinski definition) is 3. The van der Waals surface area contributed by atoms with Gasteiger partial charge in [-0.15, -0.1) is 0 Å². The number of nitrogens with zero attached hydrogens (tertiary/aromatic N) is 2. The Kier molecular flexibility index (Phi) is 9.98. The number of aromatic nitrogens is 1. The first kappa shape index (κ1) is 26.4. The van der Waals surface area contributed by atoms with Gasteiger partial charge in [0.25, 0.3) is 0 Å². The predicted octanol–water partition coefficient (Wildman–Crippen LogP) is 7.90. The van der Waals surface area contributed by atoms with Gasteiger partial charge in [-0.1, -0.05) is 88.1 Å². The number of hydrogen-bond donors (Lipinski definition) is 0. The van der Waals surface area contributed by atoms with E-state index in [0.29, 0.717) is 0 Å². The van der Waals surface area contributed by atoms with E-state index in [9.17, 15) is 0 Å². The molecule has 192 valence electrons. The largest absolute Gasteiger partial charge is 0.496 e. The smallest absolute Gasteiger partial charge is 0.127 e. The van der Waals surface area contributed by atoms with Crippen LogP contribution >= 0.6 is 0 Å². The molecule has 1 fully saturated rings. The molecule has 36 heavy (non-hydrogen) atoms. The molecular formula is C33H44N2O. The predicted molar refractivity (Wildman–Crippen MR) is 152 cm³/mol. The highest BCUT2D eigenvalue weighted by Crippen LogP contribution is 2.32. The number of rotatable bonds is 11. The first-order valence-electron chi connectivity index (χ1n) is 14.1. The maximum Gasteiger partial charge on any atom is 0.127 e. The van der Waals surface area contributed by atoms with Gasteiger partial charge in [-0.2, -0.15) is 0 Å². The summed E-state index contributed by atoms with van der Waals surface area (Å²) < 4.78 is 5.96. The highest BCUT2D eigenvalue weighted by Gasteiger charge is 2.19. The molecule has 2 aromatic carbocycles. The molecule has 1 aromatic heterocycles. The number of pyridine rings is 1. The Morgan fingerprint density at radius 3 is 2.19 bits per heavy atom. The van der Waals surface area contributed by atoms with Crippen molar-refractivity contribution in [1.82, 2.24) is 9.88 Å². The third-order valence-electron chi connectivity index (χ3n) is 7.86. The van der Waals surface area contributed by atoms with Crippen molar-refractivity contribution >= 4 is 0 Å². The third kappa shape index (κ3) is 6.97. The van der Waals surface area contributed by atoms with Crippen LogP contribution in [-0.4, -0.2) is 30.1 Å². The number of benzene rings is 2. The quantitative estimate of drug-likeness (QED) is 0.259. The Morgan fingerprint density at radius 1 is 0.861 bits per heavy atom. The second-order valence-electron chi connectivity index (χ2n) is 10.4. The van der Waals surface area contributed by atoms with Crippen LogP contribution in [0.1, 0.15) is 74.6 Å². The van der Waals surface area contributed by atoms with Crippen molar-refractivity contribution in [3.63, 3.8) is 0 Å². The Hall–Kier alpha value is -2.65. The highest BCUT2D eigenvalue weighted by molar-refractivity contribution is 5.69. The molecule has 3 aromatic rings. The van der Waals surface area contributed by atoms with E-state index in [1.807, 2.05) is 0 Å². The van der Waals surface area contributed by atoms with E-state index in [-0.39, 0.29) is 0 Å². The van der Waals surface area contributed by atoms with Crippen LogP contribution in [-0.2, 0) is 25.8 Å². The molecule has 1 aliphatic rings. The maximum atomic E-state index is 5.96. The Bertz CT molecular complexity index is 1050. The molecule has 3 heteroatoms. The minimum Gasteiger partial charge on any atom is -0.496 e. The van der Waals surface area contributed by atoms with E-state index < -0.39 is 0 Å². The molecular weight excluding hydrogens is 440 g/mol. The molecule has 0 amide bonds. The van der Waals surface area contributed by atoms with Gasteiger partial charge in [0.1, 0.15) is 5.75 Å². The summed E-state index contributed by atoms with van der Waals surface area (Å²) in [6.45, 7) is 7.56. The van der Waals surface area contributed by atoms with Gasteiger partial charge in [-0.05, 0) is 54.7 Å². The number of ether oxygens (including phenoxy) is 1. The lowest BCUT2D eigenvalue weighted by atomic mass is 9.94. The van der Waals surface area contributed by atoms with Crippen LogP contribution in [0.15, 0.2) is 60.8 Å². The molecule has 1 saturated carbocycles. The molecule has 4 rings (SSSR count). The van der Waals surface area contributed by atoms with Crippen LogP contribution in [0.25, 0.3) is 11.3 Å². The van der Waals surface area contributed by atoms with Crippen molar-refractivity contribution in [3.8, 4) is 17.0 Å². The summed E-state index contributed by atoms with van der Waals surface area (Å²) in [4.78, 5) is 7.65. The van der Waals surface area contributed by atoms with Gasteiger partial charge in [0.15, 0.2) is 0 Å². The summed E-state index contributed by atoms with van der Waals surface area (Å²) in [5.41, 5.74) is 7.63. The van der Waals surface area contributed by atoms with Gasteiger partial charge < -0.3 is 4.74 Å². The van der Waals surface area contributed by atoms with Gasteiger partial charge in [0, 0.05) is 43.0 Å². The second-order valence-corrected chi connectivity index (χ2v) is 10.4. The van der Waals surface area contributed by atoms with Crippen molar-refractivity contribution in [2.24, 2.45) is 5.92 Å². The van der Waals surface area contributed by atoms with E-state index in [0.717, 1.165) is 56.3 Å². The lowest BCUT2D eigenvalue weighted by molar-refractivity contribution is 0.211. The molecule has 0 atom stereocenters. The molecule has 0 N–H and O–H groups in total. The summed E-state index contributed by atoms with van der Waals surface area (Å²) in [5, 5.41) is 0. The SMILES string of the molecule is CCc1cccc(CC)c1-c1cc(OC)c(CN(CCc2ccccc2)CC2CCCCCC2)cn1. The highest BCUT2D eigenvalue weighted by atomic mass is 16.5. The molecule has 0 unspecified atom stereocenters. The topological polar surface area (TPSA) is 25.4 Å². The monoisotopic (exact) mass is 484 g/mol. The van der Waals surface area contributed by atoms with Crippen molar-refractivity contribution in [2.75, 3.05) is 20.2 Å². The molecule has 0 radical (unpaired) electrons. The van der Waals surface area contributed by atoms with Gasteiger partial charge in [0.05, 0.1) is 12.8 Å². The molecule has 0 aliphatic heterocycles. The van der Waals surface area contributed by atoms with E-state index in [4.69, 9.17) is 9.72 Å². The van der Waals surface area contributed by atoms with Gasteiger partial charge in [-0.25, -0.2) is 0 Å². The van der Waals surface area contributed by atoms with Crippen LogP contribution < -0.4 is 4.74 Å². The zero-order chi connectivity index (χ0) is 25.2. The molecule has 1 heterocycles. The summed E-state index contributed by atoms with van der Waals surface area (Å²) >= 11 is 0. The summed E-state index contributed by atoms with van der Waals surface area (Å²) in [5.74, 6) is 1.75. The number of methoxy groups -OCH3 is 1. The zero-order valence-corrected chi connectivity index (χ0v) is 22.6. The number of aryl methyl sites for hydroxylation is 2. The van der Waals surface area contributed by atoms with Gasteiger partial charge >= 0.3 is 0 Å². The fourth-order valence-electron chi connectivity index (χ4n) is 5.80. The molecule has 0 saturated heterocycles. The van der Waals surface area contributed by atoms with Gasteiger partial charge in [-0.3, -0.25) is 9.88 Å². The van der Waals surface area contributed by atoms with E-state index in [1.54, 1.807) is 7.11 Å². The minimum atomic E-state index is 0.796. The average molecular weight is 485 g/mol. The maximum absolute atomic E-state index is 5.96. The zero-order valence-electron chi connectivity index (χ0n) is 22.6. The average Bonchev–Trinajstić information content (AvgIpc) is 3.20. The van der Waals surface area contributed by atoms with Crippen molar-refractivity contribution in [2.45, 2.75) is 78.2 Å². The Balaban J connectivity index is 1.57. The van der Waals surface area contributed by atoms with E-state index >= 15 is 0 Å². The van der Waals surface area contributed by atoms with Crippen molar-refractivity contribution in [1.29, 1.82) is 0 Å². The van der Waals surface area contributed by atoms with Crippen LogP contribution in [0.5, 0.6) is 5.75 Å². The van der Waals surface area contributed by atoms with Crippen LogP contribution in [0, 0.1) is 5.92 Å². The summed E-state index contributed by atoms with van der Waals surface area (Å²) in [6, 6.07) is 19.7. The van der Waals surface area contributed by atoms with Crippen LogP contribution in [0.3, 0.4) is 0 Å². The molecule has 0 bridgehead atoms. The van der Waals surface area contributed by atoms with Crippen LogP contribution in [0.4, 0.5) is 0 Å². The lowest BCUT2D eigenvalue weighted by Crippen LogP contribution is -2.31. The first-order valence-corrected chi connectivity index (χ1v) is 14.1. The Labute approximate surface area is 218 Å². The van der Waals surface area contributed by atoms with Crippen molar-refractivity contribution < 1.29 is 4.74 Å². The molecule has 0 spiro atoms. The van der Waals surface area contributed by atoms with Gasteiger partial charge in [0.2, 0.25) is 0 Å². The first-order chi connectivity index (χ1) is 17.7. The van der Waals surface area contributed by atoms with E-state index in [2.05, 4.69) is 79.5 Å². The van der Waals surface area contributed by atoms with Crippen LogP contribution in [0.2, 0.25) is 0 Å². The lowest BCUT2D eigenvalue weighted by Gasteiger charge is -2.28. The summed E-state index contributed by atoms with van der Waals surface area (Å²) in [7, 11) is 1.80. The standard InChI is InChI=1S/C33H44N2O/c1-4-28-18-13-19-29(5-2)33(28)31-22-32(36-3)30(23-34-31)25-35(21-20-26-14-11-8-12-15-26)24-27-16-9-6-7-10-17-27/h8,11-15,18-19,22-23,27H,4-7,9-10,16-17,20-21,24-25H2,1-3H3. The molecule has 1 aliphatic carbocycles. The fraction of sp³-hybridized carbons (Fsp3) is 0.485. The van der Waals surface area contributed by atoms with Crippen molar-refractivity contribution in [3.05, 3.63) is 83.0 Å². The second kappa shape index (κ2) is 13.6. The minimum absolute atomic E-state index is 0.796. The summed E-state index contributed by atoms with van der Waals surface area (Å²) in [6.07, 6.45) is 13.5. The third-order valence-corrected chi connectivity index (χ3v) is 7.86. The normalized spacial score (nSPS) is 14.7. The molecule has 3 nitrogen and oxygen atoms in total. The fourth-order valence-corrected chi connectivity index (χ4v) is 5.80. The van der Waals surface area contributed by atoms with E-state index in [1.165, 1.54) is 66.3 Å². The Morgan fingerprint density at radius 2 is 1.56 bits per heavy atom.